The molecule has 5 nitrogen and oxygen atoms in total. The smallest absolute Gasteiger partial charge is 0.336 e. The number of hydrogen-bond acceptors (Lipinski definition) is 3. The summed E-state index contributed by atoms with van der Waals surface area (Å²) in [4.78, 5) is 16.5. The second kappa shape index (κ2) is 10.4. The number of carboxylic acid groups (broad SMARTS) is 1. The standard InChI is InChI=1S/C27H31N3O2/c1-2-3-17-30-26(28-25(29-30)18-20-9-5-4-6-10-20)19-21-13-15-22(16-14-21)23-11-7-8-12-24(23)27(31)32/h2-3,7-8,11-16,20H,4-6,9-10,17-19H2,1H3,(H,31,32)/b3-2+. The van der Waals surface area contributed by atoms with E-state index in [-0.39, 0.29) is 0 Å². The van der Waals surface area contributed by atoms with Gasteiger partial charge in [-0.05, 0) is 35.6 Å². The molecule has 0 amide bonds. The summed E-state index contributed by atoms with van der Waals surface area (Å²) in [6.07, 6.45) is 12.4. The van der Waals surface area contributed by atoms with E-state index in [1.165, 1.54) is 32.1 Å². The Labute approximate surface area is 189 Å². The number of aromatic nitrogens is 3. The predicted octanol–water partition coefficient (Wildman–Crippen LogP) is 5.93. The maximum absolute atomic E-state index is 11.5. The van der Waals surface area contributed by atoms with E-state index in [0.29, 0.717) is 17.9 Å². The van der Waals surface area contributed by atoms with Crippen LogP contribution < -0.4 is 0 Å². The third kappa shape index (κ3) is 5.34. The van der Waals surface area contributed by atoms with Gasteiger partial charge < -0.3 is 5.11 Å². The SMILES string of the molecule is C/C=C/Cn1nc(CC2CCCCC2)nc1Cc1ccc(-c2ccccc2C(=O)O)cc1. The summed E-state index contributed by atoms with van der Waals surface area (Å²) in [7, 11) is 0. The van der Waals surface area contributed by atoms with Gasteiger partial charge in [0, 0.05) is 12.8 Å². The molecule has 5 heteroatoms. The summed E-state index contributed by atoms with van der Waals surface area (Å²) in [5.74, 6) is 1.74. The largest absolute Gasteiger partial charge is 0.478 e. The maximum atomic E-state index is 11.5. The second-order valence-corrected chi connectivity index (χ2v) is 8.63. The van der Waals surface area contributed by atoms with Gasteiger partial charge >= 0.3 is 5.97 Å². The van der Waals surface area contributed by atoms with Crippen LogP contribution in [0.4, 0.5) is 0 Å². The highest BCUT2D eigenvalue weighted by Gasteiger charge is 2.18. The van der Waals surface area contributed by atoms with Crippen LogP contribution in [0.3, 0.4) is 0 Å². The molecule has 1 saturated carbocycles. The van der Waals surface area contributed by atoms with Crippen LogP contribution in [-0.4, -0.2) is 25.8 Å². The topological polar surface area (TPSA) is 68.0 Å². The Morgan fingerprint density at radius 3 is 2.56 bits per heavy atom. The number of aromatic carboxylic acids is 1. The number of hydrogen-bond donors (Lipinski definition) is 1. The van der Waals surface area contributed by atoms with Gasteiger partial charge in [-0.3, -0.25) is 0 Å². The zero-order valence-electron chi connectivity index (χ0n) is 18.7. The number of nitrogens with zero attached hydrogens (tertiary/aromatic N) is 3. The van der Waals surface area contributed by atoms with E-state index in [2.05, 4.69) is 18.2 Å². The Morgan fingerprint density at radius 1 is 1.09 bits per heavy atom. The molecule has 0 spiro atoms. The molecular formula is C27H31N3O2. The number of rotatable bonds is 8. The molecule has 0 aliphatic heterocycles. The fourth-order valence-corrected chi connectivity index (χ4v) is 4.55. The molecule has 1 N–H and O–H groups in total. The van der Waals surface area contributed by atoms with E-state index < -0.39 is 5.97 Å². The minimum atomic E-state index is -0.910. The highest BCUT2D eigenvalue weighted by atomic mass is 16.4. The minimum Gasteiger partial charge on any atom is -0.478 e. The van der Waals surface area contributed by atoms with E-state index in [9.17, 15) is 9.90 Å². The maximum Gasteiger partial charge on any atom is 0.336 e. The molecule has 0 radical (unpaired) electrons. The van der Waals surface area contributed by atoms with Crippen molar-refractivity contribution in [2.45, 2.75) is 58.4 Å². The summed E-state index contributed by atoms with van der Waals surface area (Å²) in [5, 5.41) is 14.3. The summed E-state index contributed by atoms with van der Waals surface area (Å²) in [6.45, 7) is 2.75. The van der Waals surface area contributed by atoms with Gasteiger partial charge in [0.2, 0.25) is 0 Å². The van der Waals surface area contributed by atoms with Crippen molar-refractivity contribution >= 4 is 5.97 Å². The van der Waals surface area contributed by atoms with Crippen molar-refractivity contribution in [3.05, 3.63) is 83.5 Å². The van der Waals surface area contributed by atoms with Crippen molar-refractivity contribution in [2.75, 3.05) is 0 Å². The van der Waals surface area contributed by atoms with Gasteiger partial charge in [0.25, 0.3) is 0 Å². The molecule has 32 heavy (non-hydrogen) atoms. The van der Waals surface area contributed by atoms with Gasteiger partial charge in [-0.15, -0.1) is 0 Å². The molecule has 0 saturated heterocycles. The molecule has 0 atom stereocenters. The van der Waals surface area contributed by atoms with Gasteiger partial charge in [0.1, 0.15) is 5.82 Å². The van der Waals surface area contributed by atoms with E-state index in [1.807, 2.05) is 41.9 Å². The molecule has 4 rings (SSSR count). The molecule has 1 aliphatic carbocycles. The van der Waals surface area contributed by atoms with Crippen molar-refractivity contribution in [2.24, 2.45) is 5.92 Å². The monoisotopic (exact) mass is 429 g/mol. The summed E-state index contributed by atoms with van der Waals surface area (Å²) < 4.78 is 2.02. The van der Waals surface area contributed by atoms with E-state index >= 15 is 0 Å². The Kier molecular flexibility index (Phi) is 7.15. The highest BCUT2D eigenvalue weighted by Crippen LogP contribution is 2.27. The van der Waals surface area contributed by atoms with E-state index in [4.69, 9.17) is 10.1 Å². The fourth-order valence-electron chi connectivity index (χ4n) is 4.55. The van der Waals surface area contributed by atoms with Gasteiger partial charge in [-0.25, -0.2) is 14.5 Å². The first-order valence-electron chi connectivity index (χ1n) is 11.6. The van der Waals surface area contributed by atoms with Crippen LogP contribution in [0.5, 0.6) is 0 Å². The molecule has 0 bridgehead atoms. The Bertz CT molecular complexity index is 1080. The fraction of sp³-hybridized carbons (Fsp3) is 0.370. The van der Waals surface area contributed by atoms with Crippen LogP contribution in [0.1, 0.15) is 66.6 Å². The van der Waals surface area contributed by atoms with Gasteiger partial charge in [0.05, 0.1) is 12.1 Å². The van der Waals surface area contributed by atoms with Crippen molar-refractivity contribution < 1.29 is 9.90 Å². The predicted molar refractivity (Wildman–Crippen MR) is 127 cm³/mol. The van der Waals surface area contributed by atoms with Crippen LogP contribution >= 0.6 is 0 Å². The first-order valence-corrected chi connectivity index (χ1v) is 11.6. The zero-order valence-corrected chi connectivity index (χ0v) is 18.7. The van der Waals surface area contributed by atoms with Gasteiger partial charge in [0.15, 0.2) is 5.82 Å². The number of carboxylic acids is 1. The molecule has 1 fully saturated rings. The molecular weight excluding hydrogens is 398 g/mol. The lowest BCUT2D eigenvalue weighted by Crippen LogP contribution is -2.10. The number of carbonyl (C=O) groups is 1. The minimum absolute atomic E-state index is 0.318. The van der Waals surface area contributed by atoms with Crippen LogP contribution in [0.2, 0.25) is 0 Å². The first-order chi connectivity index (χ1) is 15.6. The highest BCUT2D eigenvalue weighted by molar-refractivity contribution is 5.95. The van der Waals surface area contributed by atoms with Crippen LogP contribution in [0.15, 0.2) is 60.7 Å². The van der Waals surface area contributed by atoms with E-state index in [0.717, 1.165) is 41.3 Å². The first kappa shape index (κ1) is 22.0. The molecule has 0 unspecified atom stereocenters. The van der Waals surface area contributed by atoms with Crippen molar-refractivity contribution in [3.8, 4) is 11.1 Å². The third-order valence-corrected chi connectivity index (χ3v) is 6.29. The molecule has 2 aromatic carbocycles. The Balaban J connectivity index is 1.53. The number of benzene rings is 2. The van der Waals surface area contributed by atoms with Crippen LogP contribution in [0, 0.1) is 5.92 Å². The lowest BCUT2D eigenvalue weighted by Gasteiger charge is -2.19. The molecule has 1 heterocycles. The normalized spacial score (nSPS) is 14.8. The molecule has 166 valence electrons. The average molecular weight is 430 g/mol. The van der Waals surface area contributed by atoms with Crippen LogP contribution in [0.25, 0.3) is 11.1 Å². The Morgan fingerprint density at radius 2 is 1.84 bits per heavy atom. The van der Waals surface area contributed by atoms with Crippen LogP contribution in [-0.2, 0) is 19.4 Å². The zero-order chi connectivity index (χ0) is 22.3. The van der Waals surface area contributed by atoms with E-state index in [1.54, 1.807) is 12.1 Å². The van der Waals surface area contributed by atoms with Gasteiger partial charge in [-0.2, -0.15) is 5.10 Å². The molecule has 1 aliphatic rings. The quantitative estimate of drug-likeness (QED) is 0.450. The second-order valence-electron chi connectivity index (χ2n) is 8.63. The lowest BCUT2D eigenvalue weighted by atomic mass is 9.87. The molecule has 1 aromatic heterocycles. The van der Waals surface area contributed by atoms with Gasteiger partial charge in [-0.1, -0.05) is 86.7 Å². The summed E-state index contributed by atoms with van der Waals surface area (Å²) >= 11 is 0. The van der Waals surface area contributed by atoms with Crippen molar-refractivity contribution in [1.82, 2.24) is 14.8 Å². The third-order valence-electron chi connectivity index (χ3n) is 6.29. The molecule has 3 aromatic rings. The van der Waals surface area contributed by atoms with Crippen molar-refractivity contribution in [3.63, 3.8) is 0 Å². The van der Waals surface area contributed by atoms with Crippen molar-refractivity contribution in [1.29, 1.82) is 0 Å². The average Bonchev–Trinajstić information content (AvgIpc) is 3.19. The lowest BCUT2D eigenvalue weighted by molar-refractivity contribution is 0.0697. The summed E-state index contributed by atoms with van der Waals surface area (Å²) in [5.41, 5.74) is 3.09. The summed E-state index contributed by atoms with van der Waals surface area (Å²) in [6, 6.07) is 15.2. The number of allylic oxidation sites excluding steroid dienone is 2. The Hall–Kier alpha value is -3.21.